The largest absolute Gasteiger partial charge is 0.486 e. The minimum atomic E-state index is 0.00388. The van der Waals surface area contributed by atoms with Crippen LogP contribution < -0.4 is 14.8 Å². The van der Waals surface area contributed by atoms with E-state index in [0.717, 1.165) is 37.4 Å². The summed E-state index contributed by atoms with van der Waals surface area (Å²) in [5, 5.41) is 12.4. The van der Waals surface area contributed by atoms with Gasteiger partial charge in [-0.15, -0.1) is 0 Å². The molecule has 2 N–H and O–H groups in total. The third kappa shape index (κ3) is 3.67. The second-order valence-electron chi connectivity index (χ2n) is 5.62. The van der Waals surface area contributed by atoms with Gasteiger partial charge in [-0.05, 0) is 31.0 Å². The van der Waals surface area contributed by atoms with E-state index in [1.807, 2.05) is 24.3 Å². The average Bonchev–Trinajstić information content (AvgIpc) is 3.05. The van der Waals surface area contributed by atoms with E-state index in [2.05, 4.69) is 5.32 Å². The van der Waals surface area contributed by atoms with Crippen molar-refractivity contribution in [3.05, 3.63) is 24.3 Å². The number of rotatable bonds is 6. The molecule has 0 bridgehead atoms. The lowest BCUT2D eigenvalue weighted by Crippen LogP contribution is -2.37. The van der Waals surface area contributed by atoms with Crippen LogP contribution in [0.25, 0.3) is 0 Å². The van der Waals surface area contributed by atoms with Crippen LogP contribution >= 0.6 is 0 Å². The van der Waals surface area contributed by atoms with Gasteiger partial charge in [-0.25, -0.2) is 0 Å². The lowest BCUT2D eigenvalue weighted by Gasteiger charge is -2.31. The Morgan fingerprint density at radius 1 is 1.33 bits per heavy atom. The predicted octanol–water partition coefficient (Wildman–Crippen LogP) is 1.20. The van der Waals surface area contributed by atoms with E-state index in [9.17, 15) is 0 Å². The molecule has 0 radical (unpaired) electrons. The first-order valence-electron chi connectivity index (χ1n) is 7.68. The summed E-state index contributed by atoms with van der Waals surface area (Å²) in [6.45, 7) is 3.00. The van der Waals surface area contributed by atoms with Crippen LogP contribution in [-0.2, 0) is 4.74 Å². The second-order valence-corrected chi connectivity index (χ2v) is 5.62. The van der Waals surface area contributed by atoms with Crippen LogP contribution in [0.1, 0.15) is 12.8 Å². The number of benzene rings is 1. The van der Waals surface area contributed by atoms with E-state index in [-0.39, 0.29) is 18.8 Å². The fourth-order valence-electron chi connectivity index (χ4n) is 3.03. The Kier molecular flexibility index (Phi) is 4.95. The van der Waals surface area contributed by atoms with Crippen molar-refractivity contribution in [1.29, 1.82) is 0 Å². The number of fused-ring (bicyclic) bond motifs is 1. The fourth-order valence-corrected chi connectivity index (χ4v) is 3.03. The van der Waals surface area contributed by atoms with Gasteiger partial charge < -0.3 is 24.6 Å². The molecule has 1 fully saturated rings. The van der Waals surface area contributed by atoms with Crippen molar-refractivity contribution < 1.29 is 19.3 Å². The maximum atomic E-state index is 9.00. The number of hydrogen-bond donors (Lipinski definition) is 2. The highest BCUT2D eigenvalue weighted by Gasteiger charge is 2.31. The van der Waals surface area contributed by atoms with E-state index in [1.165, 1.54) is 0 Å². The topological polar surface area (TPSA) is 60.0 Å². The quantitative estimate of drug-likeness (QED) is 0.825. The molecule has 2 aliphatic rings. The van der Waals surface area contributed by atoms with E-state index in [0.29, 0.717) is 19.1 Å². The first-order chi connectivity index (χ1) is 10.4. The van der Waals surface area contributed by atoms with Crippen LogP contribution in [0.4, 0.5) is 0 Å². The van der Waals surface area contributed by atoms with Crippen molar-refractivity contribution >= 4 is 0 Å². The Labute approximate surface area is 125 Å². The minimum Gasteiger partial charge on any atom is -0.486 e. The highest BCUT2D eigenvalue weighted by atomic mass is 16.6. The van der Waals surface area contributed by atoms with Crippen molar-refractivity contribution in [3.63, 3.8) is 0 Å². The van der Waals surface area contributed by atoms with Crippen LogP contribution in [0.5, 0.6) is 11.5 Å². The predicted molar refractivity (Wildman–Crippen MR) is 78.8 cm³/mol. The molecule has 1 aromatic carbocycles. The highest BCUT2D eigenvalue weighted by molar-refractivity contribution is 5.40. The molecule has 1 saturated heterocycles. The van der Waals surface area contributed by atoms with Crippen molar-refractivity contribution in [1.82, 2.24) is 5.32 Å². The van der Waals surface area contributed by atoms with Gasteiger partial charge in [-0.3, -0.25) is 0 Å². The molecule has 0 aromatic heterocycles. The molecule has 0 spiro atoms. The zero-order valence-corrected chi connectivity index (χ0v) is 12.2. The average molecular weight is 293 g/mol. The van der Waals surface area contributed by atoms with Gasteiger partial charge in [0.05, 0.1) is 19.3 Å². The number of aliphatic hydroxyl groups is 1. The van der Waals surface area contributed by atoms with Crippen LogP contribution in [0, 0.1) is 5.92 Å². The van der Waals surface area contributed by atoms with Crippen LogP contribution in [0.15, 0.2) is 24.3 Å². The van der Waals surface area contributed by atoms with Crippen LogP contribution in [-0.4, -0.2) is 50.2 Å². The van der Waals surface area contributed by atoms with E-state index < -0.39 is 0 Å². The van der Waals surface area contributed by atoms with Crippen molar-refractivity contribution in [2.24, 2.45) is 5.92 Å². The molecule has 3 unspecified atom stereocenters. The molecule has 1 aromatic rings. The lowest BCUT2D eigenvalue weighted by atomic mass is 9.96. The molecule has 2 heterocycles. The standard InChI is InChI=1S/C16H23NO4/c18-7-8-19-16(12-5-6-17-10-12)9-13-11-20-14-3-1-2-4-15(14)21-13/h1-4,12-13,16-18H,5-11H2. The Morgan fingerprint density at radius 3 is 2.95 bits per heavy atom. The molecule has 0 saturated carbocycles. The minimum absolute atomic E-state index is 0.00388. The summed E-state index contributed by atoms with van der Waals surface area (Å²) < 4.78 is 17.6. The molecular formula is C16H23NO4. The summed E-state index contributed by atoms with van der Waals surface area (Å²) in [6, 6.07) is 7.75. The van der Waals surface area contributed by atoms with Gasteiger partial charge >= 0.3 is 0 Å². The zero-order valence-electron chi connectivity index (χ0n) is 12.2. The highest BCUT2D eigenvalue weighted by Crippen LogP contribution is 2.33. The first kappa shape index (κ1) is 14.6. The molecule has 5 nitrogen and oxygen atoms in total. The van der Waals surface area contributed by atoms with Gasteiger partial charge in [0.1, 0.15) is 12.7 Å². The third-order valence-corrected chi connectivity index (χ3v) is 4.11. The molecule has 3 rings (SSSR count). The molecule has 3 atom stereocenters. The van der Waals surface area contributed by atoms with Gasteiger partial charge in [0.15, 0.2) is 11.5 Å². The molecule has 116 valence electrons. The Morgan fingerprint density at radius 2 is 2.19 bits per heavy atom. The number of para-hydroxylation sites is 2. The maximum Gasteiger partial charge on any atom is 0.161 e. The number of hydrogen-bond acceptors (Lipinski definition) is 5. The fraction of sp³-hybridized carbons (Fsp3) is 0.625. The summed E-state index contributed by atoms with van der Waals surface area (Å²) in [7, 11) is 0. The second kappa shape index (κ2) is 7.11. The summed E-state index contributed by atoms with van der Waals surface area (Å²) in [6.07, 6.45) is 2.01. The number of ether oxygens (including phenoxy) is 3. The van der Waals surface area contributed by atoms with E-state index in [4.69, 9.17) is 19.3 Å². The molecule has 0 amide bonds. The summed E-state index contributed by atoms with van der Waals surface area (Å²) in [5.74, 6) is 2.10. The van der Waals surface area contributed by atoms with Gasteiger partial charge in [-0.1, -0.05) is 12.1 Å². The van der Waals surface area contributed by atoms with Gasteiger partial charge in [0.2, 0.25) is 0 Å². The smallest absolute Gasteiger partial charge is 0.161 e. The molecular weight excluding hydrogens is 270 g/mol. The van der Waals surface area contributed by atoms with Gasteiger partial charge in [0.25, 0.3) is 0 Å². The number of aliphatic hydroxyl groups excluding tert-OH is 1. The summed E-state index contributed by atoms with van der Waals surface area (Å²) in [5.41, 5.74) is 0. The SMILES string of the molecule is OCCOC(CC1COc2ccccc2O1)C1CCNC1. The Bertz CT molecular complexity index is 448. The maximum absolute atomic E-state index is 9.00. The van der Waals surface area contributed by atoms with Crippen LogP contribution in [0.3, 0.4) is 0 Å². The number of nitrogens with one attached hydrogen (secondary N) is 1. The normalized spacial score (nSPS) is 25.8. The monoisotopic (exact) mass is 293 g/mol. The van der Waals surface area contributed by atoms with Crippen molar-refractivity contribution in [2.75, 3.05) is 32.9 Å². The van der Waals surface area contributed by atoms with E-state index >= 15 is 0 Å². The Balaban J connectivity index is 1.60. The van der Waals surface area contributed by atoms with Crippen molar-refractivity contribution in [2.45, 2.75) is 25.0 Å². The van der Waals surface area contributed by atoms with Gasteiger partial charge in [-0.2, -0.15) is 0 Å². The zero-order chi connectivity index (χ0) is 14.5. The molecule has 21 heavy (non-hydrogen) atoms. The molecule has 2 aliphatic heterocycles. The van der Waals surface area contributed by atoms with Gasteiger partial charge in [0, 0.05) is 13.0 Å². The summed E-state index contributed by atoms with van der Waals surface area (Å²) in [4.78, 5) is 0. The summed E-state index contributed by atoms with van der Waals surface area (Å²) >= 11 is 0. The van der Waals surface area contributed by atoms with Crippen molar-refractivity contribution in [3.8, 4) is 11.5 Å². The van der Waals surface area contributed by atoms with E-state index in [1.54, 1.807) is 0 Å². The third-order valence-electron chi connectivity index (χ3n) is 4.11. The molecule has 5 heteroatoms. The van der Waals surface area contributed by atoms with Crippen LogP contribution in [0.2, 0.25) is 0 Å². The molecule has 0 aliphatic carbocycles. The first-order valence-corrected chi connectivity index (χ1v) is 7.68. The Hall–Kier alpha value is -1.30. The lowest BCUT2D eigenvalue weighted by molar-refractivity contribution is -0.0357.